The average Bonchev–Trinajstić information content (AvgIpc) is 3.11. The van der Waals surface area contributed by atoms with Crippen molar-refractivity contribution >= 4 is 5.91 Å². The number of hydrogen-bond acceptors (Lipinski definition) is 8. The number of likely N-dealkylation sites (tertiary alicyclic amines) is 1. The number of aliphatic hydroxyl groups is 4. The van der Waals surface area contributed by atoms with Gasteiger partial charge >= 0.3 is 0 Å². The number of amides is 1. The molecule has 9 heteroatoms. The van der Waals surface area contributed by atoms with Crippen LogP contribution < -0.4 is 0 Å². The van der Waals surface area contributed by atoms with Crippen LogP contribution in [-0.2, 0) is 19.0 Å². The molecule has 2 saturated heterocycles. The van der Waals surface area contributed by atoms with Crippen molar-refractivity contribution in [3.63, 3.8) is 0 Å². The van der Waals surface area contributed by atoms with Crippen LogP contribution in [0.15, 0.2) is 0 Å². The standard InChI is InChI=1S/C19H35NO8.C3H8.CH4/c1-12-17(24)18(25)15(10-21)28-19(12)27-7-5-3-4-6-16(23)20-9-14(22)8-13(20)11-26-2;1-3-2;/h12-15,17-19,21-22,24-25H,3-11H2,1-2H3;3H2,1-2H3;1H4/t12?,13-,14+,15?,17+,18-,19+;;/m0../s1. The Kier molecular flexibility index (Phi) is 16.3. The number of aliphatic hydroxyl groups excluding tert-OH is 4. The lowest BCUT2D eigenvalue weighted by Gasteiger charge is -2.40. The van der Waals surface area contributed by atoms with Gasteiger partial charge in [-0.1, -0.05) is 41.0 Å². The number of ether oxygens (including phenoxy) is 3. The number of carbonyl (C=O) groups excluding carboxylic acids is 1. The number of rotatable bonds is 10. The Hall–Kier alpha value is -0.810. The zero-order valence-electron chi connectivity index (χ0n) is 19.5. The zero-order chi connectivity index (χ0) is 23.4. The highest BCUT2D eigenvalue weighted by molar-refractivity contribution is 5.76. The molecule has 2 rings (SSSR count). The molecule has 0 radical (unpaired) electrons. The zero-order valence-corrected chi connectivity index (χ0v) is 19.5. The summed E-state index contributed by atoms with van der Waals surface area (Å²) >= 11 is 0. The second kappa shape index (κ2) is 16.7. The summed E-state index contributed by atoms with van der Waals surface area (Å²) in [6.45, 7) is 6.80. The molecule has 2 heterocycles. The van der Waals surface area contributed by atoms with E-state index in [0.29, 0.717) is 32.6 Å². The lowest BCUT2D eigenvalue weighted by Crippen LogP contribution is -2.55. The summed E-state index contributed by atoms with van der Waals surface area (Å²) in [7, 11) is 1.59. The first-order valence-electron chi connectivity index (χ1n) is 11.5. The fourth-order valence-electron chi connectivity index (χ4n) is 3.86. The van der Waals surface area contributed by atoms with Gasteiger partial charge in [0.2, 0.25) is 5.91 Å². The van der Waals surface area contributed by atoms with Gasteiger partial charge in [-0.05, 0) is 19.3 Å². The number of β-amino-alcohol motifs (C(OH)–C–C–N with tert-alkyl or cyclic N) is 1. The van der Waals surface area contributed by atoms with Crippen LogP contribution in [0.3, 0.4) is 0 Å². The number of methoxy groups -OCH3 is 1. The molecule has 9 nitrogen and oxygen atoms in total. The van der Waals surface area contributed by atoms with E-state index in [1.807, 2.05) is 0 Å². The maximum absolute atomic E-state index is 12.4. The van der Waals surface area contributed by atoms with E-state index in [0.717, 1.165) is 19.3 Å². The van der Waals surface area contributed by atoms with Gasteiger partial charge < -0.3 is 39.5 Å². The molecule has 7 atom stereocenters. The normalized spacial score (nSPS) is 32.1. The van der Waals surface area contributed by atoms with Crippen molar-refractivity contribution in [1.82, 2.24) is 4.90 Å². The Morgan fingerprint density at radius 1 is 1.12 bits per heavy atom. The van der Waals surface area contributed by atoms with E-state index in [9.17, 15) is 25.2 Å². The van der Waals surface area contributed by atoms with E-state index in [-0.39, 0.29) is 26.0 Å². The van der Waals surface area contributed by atoms with Gasteiger partial charge in [0.25, 0.3) is 0 Å². The van der Waals surface area contributed by atoms with Crippen LogP contribution in [-0.4, -0.2) is 101 Å². The second-order valence-corrected chi connectivity index (χ2v) is 8.50. The van der Waals surface area contributed by atoms with Crippen LogP contribution in [0, 0.1) is 5.92 Å². The third-order valence-corrected chi connectivity index (χ3v) is 5.58. The van der Waals surface area contributed by atoms with Crippen LogP contribution in [0.2, 0.25) is 0 Å². The number of nitrogens with zero attached hydrogens (tertiary/aromatic N) is 1. The van der Waals surface area contributed by atoms with E-state index < -0.39 is 36.6 Å². The van der Waals surface area contributed by atoms with Crippen molar-refractivity contribution in [2.45, 2.75) is 103 Å². The van der Waals surface area contributed by atoms with Crippen molar-refractivity contribution in [1.29, 1.82) is 0 Å². The summed E-state index contributed by atoms with van der Waals surface area (Å²) in [5.41, 5.74) is 0. The molecule has 0 bridgehead atoms. The second-order valence-electron chi connectivity index (χ2n) is 8.50. The molecule has 0 spiro atoms. The fraction of sp³-hybridized carbons (Fsp3) is 0.957. The predicted octanol–water partition coefficient (Wildman–Crippen LogP) is 1.30. The third-order valence-electron chi connectivity index (χ3n) is 5.58. The minimum atomic E-state index is -1.13. The Morgan fingerprint density at radius 2 is 1.78 bits per heavy atom. The molecular formula is C23H47NO8. The molecule has 0 aromatic heterocycles. The first kappa shape index (κ1) is 31.2. The van der Waals surface area contributed by atoms with E-state index in [1.165, 1.54) is 6.42 Å². The SMILES string of the molecule is C.CCC.COC[C@@H]1C[C@@H](O)CN1C(=O)CCCCCO[C@@H]1OC(CO)[C@H](O)[C@H](O)C1C. The lowest BCUT2D eigenvalue weighted by molar-refractivity contribution is -0.282. The van der Waals surface area contributed by atoms with E-state index in [4.69, 9.17) is 14.2 Å². The summed E-state index contributed by atoms with van der Waals surface area (Å²) in [6, 6.07) is -0.0537. The Morgan fingerprint density at radius 3 is 2.38 bits per heavy atom. The summed E-state index contributed by atoms with van der Waals surface area (Å²) in [6.07, 6.45) is 0.314. The molecule has 2 fully saturated rings. The summed E-state index contributed by atoms with van der Waals surface area (Å²) < 4.78 is 16.3. The Balaban J connectivity index is 0.00000227. The van der Waals surface area contributed by atoms with Gasteiger partial charge in [0.05, 0.1) is 31.5 Å². The smallest absolute Gasteiger partial charge is 0.222 e. The summed E-state index contributed by atoms with van der Waals surface area (Å²) in [5.74, 6) is -0.370. The highest BCUT2D eigenvalue weighted by Gasteiger charge is 2.42. The molecule has 0 aliphatic carbocycles. The molecule has 4 N–H and O–H groups in total. The van der Waals surface area contributed by atoms with Crippen molar-refractivity contribution in [3.8, 4) is 0 Å². The van der Waals surface area contributed by atoms with Gasteiger partial charge in [-0.3, -0.25) is 4.79 Å². The molecule has 0 aromatic rings. The topological polar surface area (TPSA) is 129 Å². The molecule has 32 heavy (non-hydrogen) atoms. The number of unbranched alkanes of at least 4 members (excludes halogenated alkanes) is 2. The Labute approximate surface area is 193 Å². The van der Waals surface area contributed by atoms with Crippen LogP contribution >= 0.6 is 0 Å². The van der Waals surface area contributed by atoms with Gasteiger partial charge in [-0.2, -0.15) is 0 Å². The van der Waals surface area contributed by atoms with E-state index in [1.54, 1.807) is 18.9 Å². The van der Waals surface area contributed by atoms with Gasteiger partial charge in [-0.15, -0.1) is 0 Å². The van der Waals surface area contributed by atoms with Crippen molar-refractivity contribution in [3.05, 3.63) is 0 Å². The molecule has 2 unspecified atom stereocenters. The third kappa shape index (κ3) is 9.59. The average molecular weight is 466 g/mol. The highest BCUT2D eigenvalue weighted by Crippen LogP contribution is 2.27. The predicted molar refractivity (Wildman–Crippen MR) is 122 cm³/mol. The highest BCUT2D eigenvalue weighted by atomic mass is 16.7. The molecule has 0 saturated carbocycles. The number of hydrogen-bond donors (Lipinski definition) is 4. The van der Waals surface area contributed by atoms with Crippen LogP contribution in [0.1, 0.15) is 66.7 Å². The minimum Gasteiger partial charge on any atom is -0.394 e. The monoisotopic (exact) mass is 465 g/mol. The maximum Gasteiger partial charge on any atom is 0.222 e. The molecule has 2 aliphatic rings. The largest absolute Gasteiger partial charge is 0.394 e. The lowest BCUT2D eigenvalue weighted by atomic mass is 9.92. The van der Waals surface area contributed by atoms with Crippen molar-refractivity contribution in [2.75, 3.05) is 33.5 Å². The van der Waals surface area contributed by atoms with Gasteiger partial charge in [0.1, 0.15) is 12.2 Å². The number of carbonyl (C=O) groups is 1. The Bertz CT molecular complexity index is 493. The van der Waals surface area contributed by atoms with Crippen molar-refractivity contribution < 1.29 is 39.4 Å². The quantitative estimate of drug-likeness (QED) is 0.355. The molecular weight excluding hydrogens is 418 g/mol. The summed E-state index contributed by atoms with van der Waals surface area (Å²) in [4.78, 5) is 14.1. The maximum atomic E-state index is 12.4. The van der Waals surface area contributed by atoms with Gasteiger partial charge in [-0.25, -0.2) is 0 Å². The van der Waals surface area contributed by atoms with Crippen LogP contribution in [0.25, 0.3) is 0 Å². The summed E-state index contributed by atoms with van der Waals surface area (Å²) in [5, 5.41) is 38.8. The van der Waals surface area contributed by atoms with Gasteiger partial charge in [0.15, 0.2) is 6.29 Å². The molecule has 2 aliphatic heterocycles. The van der Waals surface area contributed by atoms with E-state index in [2.05, 4.69) is 13.8 Å². The van der Waals surface area contributed by atoms with Crippen molar-refractivity contribution in [2.24, 2.45) is 5.92 Å². The van der Waals surface area contributed by atoms with Crippen LogP contribution in [0.5, 0.6) is 0 Å². The molecule has 0 aromatic carbocycles. The molecule has 1 amide bonds. The molecule has 192 valence electrons. The van der Waals surface area contributed by atoms with Gasteiger partial charge in [0, 0.05) is 32.6 Å². The first-order chi connectivity index (χ1) is 14.8. The fourth-order valence-corrected chi connectivity index (χ4v) is 3.86. The van der Waals surface area contributed by atoms with Crippen LogP contribution in [0.4, 0.5) is 0 Å². The van der Waals surface area contributed by atoms with E-state index >= 15 is 0 Å². The minimum absolute atomic E-state index is 0. The first-order valence-corrected chi connectivity index (χ1v) is 11.5.